The quantitative estimate of drug-likeness (QED) is 0.253. The highest BCUT2D eigenvalue weighted by molar-refractivity contribution is 7.91. The van der Waals surface area contributed by atoms with Crippen LogP contribution in [0, 0.1) is 0 Å². The molecule has 1 fully saturated rings. The number of carbonyl (C=O) groups is 1. The van der Waals surface area contributed by atoms with E-state index < -0.39 is 9.84 Å². The van der Waals surface area contributed by atoms with Crippen molar-refractivity contribution in [2.75, 3.05) is 76.7 Å². The minimum Gasteiger partial charge on any atom is -0.377 e. The Labute approximate surface area is 181 Å². The molecular weight excluding hydrogens is 438 g/mol. The largest absolute Gasteiger partial charge is 0.377 e. The summed E-state index contributed by atoms with van der Waals surface area (Å²) in [4.78, 5) is 13.0. The Hall–Kier alpha value is -1.31. The second kappa shape index (κ2) is 13.9. The number of nitrogens with zero attached hydrogens (tertiary/aromatic N) is 4. The van der Waals surface area contributed by atoms with Gasteiger partial charge in [0, 0.05) is 32.4 Å². The molecule has 0 aliphatic carbocycles. The molecule has 172 valence electrons. The molecule has 0 radical (unpaired) electrons. The van der Waals surface area contributed by atoms with Crippen molar-refractivity contribution in [3.05, 3.63) is 11.9 Å². The predicted octanol–water partition coefficient (Wildman–Crippen LogP) is -1.09. The summed E-state index contributed by atoms with van der Waals surface area (Å²) in [5.74, 6) is 0.148. The third-order valence-corrected chi connectivity index (χ3v) is 6.16. The van der Waals surface area contributed by atoms with Gasteiger partial charge in [0.2, 0.25) is 5.91 Å². The monoisotopic (exact) mass is 467 g/mol. The summed E-state index contributed by atoms with van der Waals surface area (Å²) in [6, 6.07) is 0. The summed E-state index contributed by atoms with van der Waals surface area (Å²) in [6.07, 6.45) is 1.86. The van der Waals surface area contributed by atoms with E-state index in [-0.39, 0.29) is 23.3 Å². The zero-order valence-electron chi connectivity index (χ0n) is 17.0. The molecule has 2 heterocycles. The Bertz CT molecular complexity index is 718. The first-order chi connectivity index (χ1) is 14.5. The SMILES string of the molecule is O=C(CCl)NCCOCCOCCOCCn1cc(CN2CCS(=O)(=O)CC2)nn1. The first-order valence-corrected chi connectivity index (χ1v) is 12.2. The summed E-state index contributed by atoms with van der Waals surface area (Å²) in [5.41, 5.74) is 0.819. The van der Waals surface area contributed by atoms with Crippen molar-refractivity contribution < 1.29 is 27.4 Å². The molecule has 1 aromatic heterocycles. The molecule has 0 atom stereocenters. The van der Waals surface area contributed by atoms with Crippen LogP contribution in [0.1, 0.15) is 5.69 Å². The van der Waals surface area contributed by atoms with E-state index >= 15 is 0 Å². The number of halogens is 1. The Morgan fingerprint density at radius 1 is 1.07 bits per heavy atom. The molecule has 1 N–H and O–H groups in total. The molecule has 0 saturated carbocycles. The van der Waals surface area contributed by atoms with Crippen LogP contribution in [0.3, 0.4) is 0 Å². The molecule has 0 spiro atoms. The Morgan fingerprint density at radius 2 is 1.70 bits per heavy atom. The molecule has 13 heteroatoms. The molecular formula is C17H30ClN5O6S. The fraction of sp³-hybridized carbons (Fsp3) is 0.824. The van der Waals surface area contributed by atoms with Crippen LogP contribution in [0.15, 0.2) is 6.20 Å². The number of hydrogen-bond acceptors (Lipinski definition) is 9. The molecule has 30 heavy (non-hydrogen) atoms. The summed E-state index contributed by atoms with van der Waals surface area (Å²) in [6.45, 7) is 5.43. The van der Waals surface area contributed by atoms with E-state index in [9.17, 15) is 13.2 Å². The van der Waals surface area contributed by atoms with Gasteiger partial charge < -0.3 is 19.5 Å². The van der Waals surface area contributed by atoms with Gasteiger partial charge in [-0.15, -0.1) is 16.7 Å². The average molecular weight is 468 g/mol. The van der Waals surface area contributed by atoms with Gasteiger partial charge in [0.05, 0.1) is 63.4 Å². The number of aromatic nitrogens is 3. The lowest BCUT2D eigenvalue weighted by Gasteiger charge is -2.25. The molecule has 1 saturated heterocycles. The van der Waals surface area contributed by atoms with Gasteiger partial charge in [-0.2, -0.15) is 0 Å². The lowest BCUT2D eigenvalue weighted by atomic mass is 10.4. The van der Waals surface area contributed by atoms with Crippen LogP contribution in [-0.2, 0) is 41.9 Å². The van der Waals surface area contributed by atoms with Crippen molar-refractivity contribution in [2.24, 2.45) is 0 Å². The fourth-order valence-electron chi connectivity index (χ4n) is 2.67. The highest BCUT2D eigenvalue weighted by atomic mass is 35.5. The zero-order chi connectivity index (χ0) is 21.7. The van der Waals surface area contributed by atoms with Crippen LogP contribution in [0.2, 0.25) is 0 Å². The van der Waals surface area contributed by atoms with E-state index in [0.29, 0.717) is 72.4 Å². The van der Waals surface area contributed by atoms with Crippen LogP contribution < -0.4 is 5.32 Å². The van der Waals surface area contributed by atoms with Crippen molar-refractivity contribution in [1.82, 2.24) is 25.2 Å². The smallest absolute Gasteiger partial charge is 0.235 e. The number of nitrogens with one attached hydrogen (secondary N) is 1. The molecule has 1 aliphatic heterocycles. The third-order valence-electron chi connectivity index (χ3n) is 4.31. The Kier molecular flexibility index (Phi) is 11.6. The van der Waals surface area contributed by atoms with E-state index in [1.807, 2.05) is 6.20 Å². The first kappa shape index (κ1) is 25.0. The molecule has 0 unspecified atom stereocenters. The molecule has 2 rings (SSSR count). The Morgan fingerprint density at radius 3 is 2.37 bits per heavy atom. The van der Waals surface area contributed by atoms with Gasteiger partial charge in [0.15, 0.2) is 9.84 Å². The van der Waals surface area contributed by atoms with Crippen molar-refractivity contribution >= 4 is 27.3 Å². The maximum atomic E-state index is 11.5. The number of hydrogen-bond donors (Lipinski definition) is 1. The van der Waals surface area contributed by atoms with Crippen LogP contribution >= 0.6 is 11.6 Å². The standard InChI is InChI=1S/C17H30ClN5O6S/c18-13-17(24)19-1-5-27-7-9-29-10-8-28-6-2-23-15-16(20-21-23)14-22-3-11-30(25,26)12-4-22/h15H,1-14H2,(H,19,24). The number of carbonyl (C=O) groups excluding carboxylic acids is 1. The van der Waals surface area contributed by atoms with Crippen LogP contribution in [0.4, 0.5) is 0 Å². The predicted molar refractivity (Wildman–Crippen MR) is 110 cm³/mol. The fourth-order valence-corrected chi connectivity index (χ4v) is 4.04. The van der Waals surface area contributed by atoms with Crippen molar-refractivity contribution in [1.29, 1.82) is 0 Å². The second-order valence-electron chi connectivity index (χ2n) is 6.72. The number of rotatable bonds is 15. The molecule has 1 aliphatic rings. The molecule has 1 aromatic rings. The van der Waals surface area contributed by atoms with Gasteiger partial charge in [-0.1, -0.05) is 5.21 Å². The highest BCUT2D eigenvalue weighted by Gasteiger charge is 2.22. The van der Waals surface area contributed by atoms with Gasteiger partial charge in [0.1, 0.15) is 5.88 Å². The van der Waals surface area contributed by atoms with Crippen LogP contribution in [-0.4, -0.2) is 111 Å². The summed E-state index contributed by atoms with van der Waals surface area (Å²) in [5, 5.41) is 10.8. The molecule has 1 amide bonds. The van der Waals surface area contributed by atoms with Crippen LogP contribution in [0.5, 0.6) is 0 Å². The highest BCUT2D eigenvalue weighted by Crippen LogP contribution is 2.07. The van der Waals surface area contributed by atoms with Crippen LogP contribution in [0.25, 0.3) is 0 Å². The van der Waals surface area contributed by atoms with Gasteiger partial charge in [-0.25, -0.2) is 13.1 Å². The summed E-state index contributed by atoms with van der Waals surface area (Å²) >= 11 is 5.35. The van der Waals surface area contributed by atoms with E-state index in [1.165, 1.54) is 0 Å². The number of amides is 1. The minimum atomic E-state index is -2.87. The zero-order valence-corrected chi connectivity index (χ0v) is 18.6. The number of alkyl halides is 1. The maximum Gasteiger partial charge on any atom is 0.235 e. The van der Waals surface area contributed by atoms with Crippen molar-refractivity contribution in [2.45, 2.75) is 13.1 Å². The van der Waals surface area contributed by atoms with E-state index in [1.54, 1.807) is 4.68 Å². The summed E-state index contributed by atoms with van der Waals surface area (Å²) in [7, 11) is -2.87. The second-order valence-corrected chi connectivity index (χ2v) is 9.29. The van der Waals surface area contributed by atoms with Gasteiger partial charge in [0.25, 0.3) is 0 Å². The molecule has 0 aromatic carbocycles. The maximum absolute atomic E-state index is 11.5. The first-order valence-electron chi connectivity index (χ1n) is 9.86. The Balaban J connectivity index is 1.42. The third kappa shape index (κ3) is 10.6. The molecule has 11 nitrogen and oxygen atoms in total. The van der Waals surface area contributed by atoms with E-state index in [4.69, 9.17) is 25.8 Å². The van der Waals surface area contributed by atoms with Gasteiger partial charge in [-0.3, -0.25) is 9.69 Å². The average Bonchev–Trinajstić information content (AvgIpc) is 3.17. The lowest BCUT2D eigenvalue weighted by molar-refractivity contribution is -0.118. The van der Waals surface area contributed by atoms with Gasteiger partial charge in [-0.05, 0) is 0 Å². The topological polar surface area (TPSA) is 125 Å². The minimum absolute atomic E-state index is 0.0476. The van der Waals surface area contributed by atoms with E-state index in [0.717, 1.165) is 5.69 Å². The summed E-state index contributed by atoms with van der Waals surface area (Å²) < 4.78 is 40.9. The van der Waals surface area contributed by atoms with Crippen molar-refractivity contribution in [3.63, 3.8) is 0 Å². The van der Waals surface area contributed by atoms with Gasteiger partial charge >= 0.3 is 0 Å². The van der Waals surface area contributed by atoms with Crippen molar-refractivity contribution in [3.8, 4) is 0 Å². The molecule has 0 bridgehead atoms. The normalized spacial score (nSPS) is 16.6. The van der Waals surface area contributed by atoms with E-state index in [2.05, 4.69) is 20.5 Å². The number of sulfone groups is 1. The number of ether oxygens (including phenoxy) is 3. The lowest BCUT2D eigenvalue weighted by Crippen LogP contribution is -2.39.